The van der Waals surface area contributed by atoms with E-state index in [9.17, 15) is 33.2 Å². The molecule has 3 rings (SSSR count). The molecule has 0 aliphatic carbocycles. The summed E-state index contributed by atoms with van der Waals surface area (Å²) in [4.78, 5) is 22.6. The number of aryl methyl sites for hydroxylation is 1. The number of carbonyl (C=O) groups excluding carboxylic acids is 1. The Morgan fingerprint density at radius 2 is 1.79 bits per heavy atom. The lowest BCUT2D eigenvalue weighted by molar-refractivity contribution is -0.384. The Morgan fingerprint density at radius 3 is 2.31 bits per heavy atom. The van der Waals surface area contributed by atoms with Crippen molar-refractivity contribution in [3.8, 4) is 0 Å². The summed E-state index contributed by atoms with van der Waals surface area (Å²) in [5, 5.41) is 24.8. The molecular weight excluding hydrogens is 391 g/mol. The number of hydrogen-bond acceptors (Lipinski definition) is 5. The van der Waals surface area contributed by atoms with Gasteiger partial charge in [0.15, 0.2) is 0 Å². The van der Waals surface area contributed by atoms with Gasteiger partial charge >= 0.3 is 6.18 Å². The van der Waals surface area contributed by atoms with Gasteiger partial charge in [-0.3, -0.25) is 14.9 Å². The number of aliphatic hydroxyl groups is 1. The van der Waals surface area contributed by atoms with Crippen LogP contribution in [0.3, 0.4) is 0 Å². The van der Waals surface area contributed by atoms with Crippen LogP contribution in [0.25, 0.3) is 0 Å². The maximum Gasteiger partial charge on any atom is 0.438 e. The Bertz CT molecular complexity index is 972. The van der Waals surface area contributed by atoms with Crippen LogP contribution in [0.2, 0.25) is 0 Å². The van der Waals surface area contributed by atoms with E-state index in [0.717, 1.165) is 17.7 Å². The van der Waals surface area contributed by atoms with E-state index in [-0.39, 0.29) is 22.0 Å². The van der Waals surface area contributed by atoms with Crippen molar-refractivity contribution in [2.75, 3.05) is 0 Å². The predicted octanol–water partition coefficient (Wildman–Crippen LogP) is 3.33. The number of hydrazone groups is 1. The Morgan fingerprint density at radius 1 is 1.21 bits per heavy atom. The molecular formula is C19H16F3N3O4. The maximum atomic E-state index is 13.6. The molecule has 1 amide bonds. The quantitative estimate of drug-likeness (QED) is 0.621. The zero-order chi connectivity index (χ0) is 21.4. The van der Waals surface area contributed by atoms with Crippen molar-refractivity contribution < 1.29 is 28.0 Å². The van der Waals surface area contributed by atoms with Crippen molar-refractivity contribution in [3.63, 3.8) is 0 Å². The number of alkyl halides is 3. The number of non-ortho nitro benzene ring substituents is 1. The molecule has 0 radical (unpaired) electrons. The van der Waals surface area contributed by atoms with Gasteiger partial charge in [-0.1, -0.05) is 42.0 Å². The fourth-order valence-corrected chi connectivity index (χ4v) is 2.92. The number of nitrogens with zero attached hydrogens (tertiary/aromatic N) is 3. The number of benzene rings is 2. The third-order valence-electron chi connectivity index (χ3n) is 4.56. The molecule has 0 saturated heterocycles. The monoisotopic (exact) mass is 407 g/mol. The molecule has 1 heterocycles. The van der Waals surface area contributed by atoms with Crippen molar-refractivity contribution in [3.05, 3.63) is 75.3 Å². The van der Waals surface area contributed by atoms with E-state index in [2.05, 4.69) is 5.10 Å². The van der Waals surface area contributed by atoms with Crippen molar-refractivity contribution >= 4 is 17.3 Å². The molecule has 1 N–H and O–H groups in total. The normalized spacial score (nSPS) is 19.2. The average Bonchev–Trinajstić information content (AvgIpc) is 3.02. The van der Waals surface area contributed by atoms with Gasteiger partial charge in [0.05, 0.1) is 23.5 Å². The molecule has 0 aromatic heterocycles. The molecule has 7 nitrogen and oxygen atoms in total. The molecule has 0 unspecified atom stereocenters. The van der Waals surface area contributed by atoms with Gasteiger partial charge in [-0.15, -0.1) is 0 Å². The summed E-state index contributed by atoms with van der Waals surface area (Å²) in [6.45, 7) is 1.81. The molecule has 1 aliphatic rings. The first-order valence-corrected chi connectivity index (χ1v) is 8.51. The van der Waals surface area contributed by atoms with Gasteiger partial charge in [0.2, 0.25) is 5.91 Å². The van der Waals surface area contributed by atoms with Gasteiger partial charge < -0.3 is 5.11 Å². The summed E-state index contributed by atoms with van der Waals surface area (Å²) < 4.78 is 40.8. The zero-order valence-corrected chi connectivity index (χ0v) is 15.2. The summed E-state index contributed by atoms with van der Waals surface area (Å²) in [5.41, 5.74) is -2.24. The van der Waals surface area contributed by atoms with Crippen LogP contribution in [0.4, 0.5) is 18.9 Å². The summed E-state index contributed by atoms with van der Waals surface area (Å²) in [7, 11) is 0. The fourth-order valence-electron chi connectivity index (χ4n) is 2.92. The summed E-state index contributed by atoms with van der Waals surface area (Å²) in [6, 6.07) is 11.3. The van der Waals surface area contributed by atoms with E-state index in [4.69, 9.17) is 0 Å². The minimum atomic E-state index is -5.13. The van der Waals surface area contributed by atoms with Crippen molar-refractivity contribution in [2.45, 2.75) is 31.7 Å². The van der Waals surface area contributed by atoms with Gasteiger partial charge in [-0.25, -0.2) is 0 Å². The van der Waals surface area contributed by atoms with Gasteiger partial charge in [0.25, 0.3) is 11.4 Å². The molecule has 0 spiro atoms. The molecule has 10 heteroatoms. The van der Waals surface area contributed by atoms with Crippen molar-refractivity contribution in [1.29, 1.82) is 0 Å². The number of nitro groups is 1. The van der Waals surface area contributed by atoms with E-state index >= 15 is 0 Å². The van der Waals surface area contributed by atoms with Crippen LogP contribution in [0.1, 0.15) is 23.1 Å². The van der Waals surface area contributed by atoms with E-state index in [0.29, 0.717) is 5.56 Å². The largest absolute Gasteiger partial charge is 0.438 e. The highest BCUT2D eigenvalue weighted by atomic mass is 19.4. The molecule has 29 heavy (non-hydrogen) atoms. The lowest BCUT2D eigenvalue weighted by Crippen LogP contribution is -2.57. The van der Waals surface area contributed by atoms with Crippen molar-refractivity contribution in [1.82, 2.24) is 5.01 Å². The van der Waals surface area contributed by atoms with Crippen LogP contribution in [0, 0.1) is 17.0 Å². The first-order valence-electron chi connectivity index (χ1n) is 8.51. The maximum absolute atomic E-state index is 13.6. The van der Waals surface area contributed by atoms with Crippen LogP contribution in [0.15, 0.2) is 53.6 Å². The smallest absolute Gasteiger partial charge is 0.362 e. The molecule has 2 aromatic rings. The second-order valence-corrected chi connectivity index (χ2v) is 6.71. The minimum absolute atomic E-state index is 0.0591. The van der Waals surface area contributed by atoms with E-state index in [1.54, 1.807) is 24.3 Å². The summed E-state index contributed by atoms with van der Waals surface area (Å²) in [6.07, 6.45) is -6.54. The van der Waals surface area contributed by atoms with Gasteiger partial charge in [0, 0.05) is 12.1 Å². The number of rotatable bonds is 4. The highest BCUT2D eigenvalue weighted by molar-refractivity contribution is 6.03. The zero-order valence-electron chi connectivity index (χ0n) is 15.2. The Hall–Kier alpha value is -3.27. The minimum Gasteiger partial charge on any atom is -0.362 e. The third kappa shape index (κ3) is 3.97. The first-order chi connectivity index (χ1) is 13.5. The van der Waals surface area contributed by atoms with Crippen LogP contribution < -0.4 is 0 Å². The second kappa shape index (κ2) is 7.28. The number of halogens is 3. The Labute approximate surface area is 163 Å². The van der Waals surface area contributed by atoms with Gasteiger partial charge in [0.1, 0.15) is 0 Å². The molecule has 2 aromatic carbocycles. The van der Waals surface area contributed by atoms with Gasteiger partial charge in [-0.05, 0) is 18.1 Å². The van der Waals surface area contributed by atoms with E-state index in [1.165, 1.54) is 12.1 Å². The SMILES string of the molecule is Cc1ccc(C2=NN(C(=O)Cc3ccc([N+](=O)[O-])cc3)[C@@](O)(C(F)(F)F)C2)cc1. The predicted molar refractivity (Wildman–Crippen MR) is 97.0 cm³/mol. The summed E-state index contributed by atoms with van der Waals surface area (Å²) in [5.74, 6) is -1.08. The fraction of sp³-hybridized carbons (Fsp3) is 0.263. The molecule has 0 fully saturated rings. The number of nitro benzene ring substituents is 1. The van der Waals surface area contributed by atoms with E-state index in [1.807, 2.05) is 6.92 Å². The number of amides is 1. The third-order valence-corrected chi connectivity index (χ3v) is 4.56. The van der Waals surface area contributed by atoms with Crippen LogP contribution in [0.5, 0.6) is 0 Å². The van der Waals surface area contributed by atoms with Gasteiger partial charge in [-0.2, -0.15) is 23.3 Å². The molecule has 1 aliphatic heterocycles. The first kappa shape index (κ1) is 20.5. The van der Waals surface area contributed by atoms with Crippen LogP contribution >= 0.6 is 0 Å². The standard InChI is InChI=1S/C19H16F3N3O4/c1-12-2-6-14(7-3-12)16-11-18(27,19(20,21)22)24(23-16)17(26)10-13-4-8-15(9-5-13)25(28)29/h2-9,27H,10-11H2,1H3/t18-/m0/s1. The lowest BCUT2D eigenvalue weighted by Gasteiger charge is -2.32. The number of hydrogen-bond donors (Lipinski definition) is 1. The molecule has 152 valence electrons. The topological polar surface area (TPSA) is 96.0 Å². The van der Waals surface area contributed by atoms with Crippen LogP contribution in [-0.2, 0) is 11.2 Å². The second-order valence-electron chi connectivity index (χ2n) is 6.71. The van der Waals surface area contributed by atoms with Crippen LogP contribution in [-0.4, -0.2) is 38.6 Å². The van der Waals surface area contributed by atoms with Crippen molar-refractivity contribution in [2.24, 2.45) is 5.10 Å². The molecule has 1 atom stereocenters. The molecule has 0 bridgehead atoms. The average molecular weight is 407 g/mol. The Balaban J connectivity index is 1.90. The van der Waals surface area contributed by atoms with E-state index < -0.39 is 35.6 Å². The number of carbonyl (C=O) groups is 1. The highest BCUT2D eigenvalue weighted by Crippen LogP contribution is 2.41. The summed E-state index contributed by atoms with van der Waals surface area (Å²) >= 11 is 0. The Kier molecular flexibility index (Phi) is 5.14. The molecule has 0 saturated carbocycles. The lowest BCUT2D eigenvalue weighted by atomic mass is 10.00. The highest BCUT2D eigenvalue weighted by Gasteiger charge is 2.63.